The zero-order valence-corrected chi connectivity index (χ0v) is 13.6. The molecule has 0 radical (unpaired) electrons. The summed E-state index contributed by atoms with van der Waals surface area (Å²) in [5.41, 5.74) is 1.88. The van der Waals surface area contributed by atoms with Gasteiger partial charge in [-0.15, -0.1) is 0 Å². The van der Waals surface area contributed by atoms with E-state index in [-0.39, 0.29) is 5.91 Å². The highest BCUT2D eigenvalue weighted by Crippen LogP contribution is 2.31. The Morgan fingerprint density at radius 1 is 1.27 bits per heavy atom. The van der Waals surface area contributed by atoms with Gasteiger partial charge in [-0.3, -0.25) is 4.79 Å². The van der Waals surface area contributed by atoms with Gasteiger partial charge in [0.2, 0.25) is 0 Å². The average Bonchev–Trinajstić information content (AvgIpc) is 2.91. The van der Waals surface area contributed by atoms with Gasteiger partial charge in [0, 0.05) is 30.1 Å². The normalized spacial score (nSPS) is 16.0. The molecule has 1 unspecified atom stereocenters. The number of amides is 1. The lowest BCUT2D eigenvalue weighted by Gasteiger charge is -2.21. The molecule has 1 heterocycles. The van der Waals surface area contributed by atoms with Crippen LogP contribution in [0.1, 0.15) is 11.1 Å². The van der Waals surface area contributed by atoms with E-state index in [9.17, 15) is 4.79 Å². The van der Waals surface area contributed by atoms with Gasteiger partial charge in [-0.2, -0.15) is 0 Å². The van der Waals surface area contributed by atoms with Crippen molar-refractivity contribution in [1.82, 2.24) is 4.90 Å². The van der Waals surface area contributed by atoms with Crippen molar-refractivity contribution in [3.05, 3.63) is 63.6 Å². The molecule has 3 rings (SSSR count). The van der Waals surface area contributed by atoms with E-state index in [0.717, 1.165) is 16.9 Å². The smallest absolute Gasteiger partial charge is 0.264 e. The van der Waals surface area contributed by atoms with E-state index >= 15 is 0 Å². The summed E-state index contributed by atoms with van der Waals surface area (Å²) in [7, 11) is 1.75. The molecule has 0 aliphatic carbocycles. The molecular weight excluding hydrogens is 321 g/mol. The molecule has 1 aliphatic rings. The van der Waals surface area contributed by atoms with E-state index in [1.54, 1.807) is 24.1 Å². The number of ether oxygens (including phenoxy) is 1. The number of halogens is 2. The predicted octanol–water partition coefficient (Wildman–Crippen LogP) is 3.96. The van der Waals surface area contributed by atoms with Crippen LogP contribution in [0.15, 0.2) is 42.5 Å². The molecule has 3 nitrogen and oxygen atoms in total. The van der Waals surface area contributed by atoms with Crippen LogP contribution in [0.25, 0.3) is 0 Å². The van der Waals surface area contributed by atoms with Crippen LogP contribution < -0.4 is 4.74 Å². The van der Waals surface area contributed by atoms with Crippen molar-refractivity contribution in [3.63, 3.8) is 0 Å². The number of fused-ring (bicyclic) bond motifs is 1. The average molecular weight is 336 g/mol. The minimum atomic E-state index is -0.499. The topological polar surface area (TPSA) is 29.5 Å². The van der Waals surface area contributed by atoms with Crippen LogP contribution in [0.2, 0.25) is 10.0 Å². The van der Waals surface area contributed by atoms with E-state index in [2.05, 4.69) is 0 Å². The van der Waals surface area contributed by atoms with E-state index in [0.29, 0.717) is 23.0 Å². The summed E-state index contributed by atoms with van der Waals surface area (Å²) in [6.45, 7) is 0.454. The molecule has 0 spiro atoms. The van der Waals surface area contributed by atoms with Gasteiger partial charge < -0.3 is 9.64 Å². The maximum absolute atomic E-state index is 12.5. The van der Waals surface area contributed by atoms with Crippen LogP contribution >= 0.6 is 23.2 Å². The molecule has 0 aromatic heterocycles. The van der Waals surface area contributed by atoms with Crippen molar-refractivity contribution in [2.75, 3.05) is 7.05 Å². The first kappa shape index (κ1) is 15.2. The lowest BCUT2D eigenvalue weighted by molar-refractivity contribution is -0.137. The summed E-state index contributed by atoms with van der Waals surface area (Å²) in [5.74, 6) is 0.668. The third-order valence-corrected chi connectivity index (χ3v) is 4.32. The van der Waals surface area contributed by atoms with E-state index < -0.39 is 6.10 Å². The van der Waals surface area contributed by atoms with Crippen LogP contribution in [-0.2, 0) is 17.8 Å². The Kier molecular flexibility index (Phi) is 4.27. The maximum atomic E-state index is 12.5. The van der Waals surface area contributed by atoms with Gasteiger partial charge in [-0.1, -0.05) is 41.4 Å². The Labute approximate surface area is 139 Å². The first-order valence-electron chi connectivity index (χ1n) is 6.98. The number of hydrogen-bond acceptors (Lipinski definition) is 2. The molecule has 0 N–H and O–H groups in total. The molecule has 0 bridgehead atoms. The Morgan fingerprint density at radius 3 is 2.82 bits per heavy atom. The summed E-state index contributed by atoms with van der Waals surface area (Å²) in [4.78, 5) is 14.2. The van der Waals surface area contributed by atoms with Gasteiger partial charge >= 0.3 is 0 Å². The van der Waals surface area contributed by atoms with Gasteiger partial charge in [0.25, 0.3) is 5.91 Å². The van der Waals surface area contributed by atoms with Gasteiger partial charge in [0.1, 0.15) is 5.75 Å². The first-order chi connectivity index (χ1) is 10.5. The zero-order chi connectivity index (χ0) is 15.7. The van der Waals surface area contributed by atoms with Crippen molar-refractivity contribution in [2.24, 2.45) is 0 Å². The number of rotatable bonds is 3. The van der Waals surface area contributed by atoms with Crippen LogP contribution in [-0.4, -0.2) is 24.0 Å². The fourth-order valence-corrected chi connectivity index (χ4v) is 2.95. The van der Waals surface area contributed by atoms with Crippen molar-refractivity contribution >= 4 is 29.1 Å². The number of likely N-dealkylation sites (N-methyl/N-ethyl adjacent to an activating group) is 1. The van der Waals surface area contributed by atoms with E-state index in [1.165, 1.54) is 0 Å². The lowest BCUT2D eigenvalue weighted by atomic mass is 10.1. The fraction of sp³-hybridized carbons (Fsp3) is 0.235. The summed E-state index contributed by atoms with van der Waals surface area (Å²) in [6, 6.07) is 12.9. The Hall–Kier alpha value is -1.71. The molecule has 1 amide bonds. The SMILES string of the molecule is CN(Cc1ccccc1Cl)C(=O)C1Cc2cc(Cl)ccc2O1. The summed E-state index contributed by atoms with van der Waals surface area (Å²) >= 11 is 12.1. The van der Waals surface area contributed by atoms with Crippen molar-refractivity contribution < 1.29 is 9.53 Å². The summed E-state index contributed by atoms with van der Waals surface area (Å²) in [6.07, 6.45) is 0.0441. The van der Waals surface area contributed by atoms with Crippen LogP contribution in [0, 0.1) is 0 Å². The quantitative estimate of drug-likeness (QED) is 0.849. The summed E-state index contributed by atoms with van der Waals surface area (Å²) < 4.78 is 5.73. The van der Waals surface area contributed by atoms with Gasteiger partial charge in [-0.05, 0) is 35.4 Å². The van der Waals surface area contributed by atoms with Crippen molar-refractivity contribution in [1.29, 1.82) is 0 Å². The molecule has 22 heavy (non-hydrogen) atoms. The second kappa shape index (κ2) is 6.19. The number of hydrogen-bond donors (Lipinski definition) is 0. The van der Waals surface area contributed by atoms with Crippen LogP contribution in [0.3, 0.4) is 0 Å². The standard InChI is InChI=1S/C17H15Cl2NO2/c1-20(10-11-4-2-3-5-14(11)19)17(21)16-9-12-8-13(18)6-7-15(12)22-16/h2-8,16H,9-10H2,1H3. The predicted molar refractivity (Wildman–Crippen MR) is 87.5 cm³/mol. The number of carbonyl (C=O) groups is 1. The largest absolute Gasteiger partial charge is 0.480 e. The minimum Gasteiger partial charge on any atom is -0.480 e. The molecule has 1 aliphatic heterocycles. The lowest BCUT2D eigenvalue weighted by Crippen LogP contribution is -2.38. The monoisotopic (exact) mass is 335 g/mol. The number of benzene rings is 2. The van der Waals surface area contributed by atoms with Crippen molar-refractivity contribution in [3.8, 4) is 5.75 Å². The molecule has 2 aromatic carbocycles. The molecule has 1 atom stereocenters. The molecule has 114 valence electrons. The second-order valence-electron chi connectivity index (χ2n) is 5.35. The Bertz CT molecular complexity index is 718. The minimum absolute atomic E-state index is 0.0627. The molecule has 0 saturated carbocycles. The summed E-state index contributed by atoms with van der Waals surface area (Å²) in [5, 5.41) is 1.31. The van der Waals surface area contributed by atoms with Gasteiger partial charge in [0.15, 0.2) is 6.10 Å². The highest BCUT2D eigenvalue weighted by molar-refractivity contribution is 6.31. The maximum Gasteiger partial charge on any atom is 0.264 e. The van der Waals surface area contributed by atoms with Crippen molar-refractivity contribution in [2.45, 2.75) is 19.1 Å². The third kappa shape index (κ3) is 3.06. The highest BCUT2D eigenvalue weighted by atomic mass is 35.5. The Balaban J connectivity index is 1.69. The number of nitrogens with zero attached hydrogens (tertiary/aromatic N) is 1. The van der Waals surface area contributed by atoms with E-state index in [1.807, 2.05) is 30.3 Å². The Morgan fingerprint density at radius 2 is 2.05 bits per heavy atom. The number of carbonyl (C=O) groups excluding carboxylic acids is 1. The van der Waals surface area contributed by atoms with Crippen LogP contribution in [0.4, 0.5) is 0 Å². The van der Waals surface area contributed by atoms with Crippen LogP contribution in [0.5, 0.6) is 5.75 Å². The highest BCUT2D eigenvalue weighted by Gasteiger charge is 2.31. The third-order valence-electron chi connectivity index (χ3n) is 3.71. The van der Waals surface area contributed by atoms with E-state index in [4.69, 9.17) is 27.9 Å². The molecule has 5 heteroatoms. The zero-order valence-electron chi connectivity index (χ0n) is 12.1. The first-order valence-corrected chi connectivity index (χ1v) is 7.73. The van der Waals surface area contributed by atoms with Gasteiger partial charge in [0.05, 0.1) is 0 Å². The molecule has 0 fully saturated rings. The second-order valence-corrected chi connectivity index (χ2v) is 6.19. The molecular formula is C17H15Cl2NO2. The fourth-order valence-electron chi connectivity index (χ4n) is 2.56. The molecule has 0 saturated heterocycles. The molecule has 2 aromatic rings. The van der Waals surface area contributed by atoms with Gasteiger partial charge in [-0.25, -0.2) is 0 Å².